The first-order chi connectivity index (χ1) is 7.52. The molecular formula is C10H8N2O4. The van der Waals surface area contributed by atoms with E-state index in [1.807, 2.05) is 0 Å². The van der Waals surface area contributed by atoms with E-state index in [2.05, 4.69) is 5.32 Å². The van der Waals surface area contributed by atoms with Gasteiger partial charge in [0, 0.05) is 12.5 Å². The molecule has 0 aromatic heterocycles. The van der Waals surface area contributed by atoms with Gasteiger partial charge in [0.1, 0.15) is 0 Å². The molecule has 1 N–H and O–H groups in total. The van der Waals surface area contributed by atoms with Gasteiger partial charge in [-0.25, -0.2) is 0 Å². The van der Waals surface area contributed by atoms with Gasteiger partial charge in [-0.2, -0.15) is 0 Å². The van der Waals surface area contributed by atoms with E-state index in [0.717, 1.165) is 4.90 Å². The molecule has 1 spiro atoms. The summed E-state index contributed by atoms with van der Waals surface area (Å²) in [4.78, 5) is 47.4. The van der Waals surface area contributed by atoms with E-state index in [4.69, 9.17) is 0 Å². The summed E-state index contributed by atoms with van der Waals surface area (Å²) in [5.41, 5.74) is -0.611. The highest BCUT2D eigenvalue weighted by atomic mass is 16.2. The molecule has 0 bridgehead atoms. The lowest BCUT2D eigenvalue weighted by Crippen LogP contribution is -2.35. The van der Waals surface area contributed by atoms with Crippen molar-refractivity contribution in [3.63, 3.8) is 0 Å². The molecule has 2 saturated carbocycles. The Kier molecular flexibility index (Phi) is 1.01. The summed E-state index contributed by atoms with van der Waals surface area (Å²) in [5, 5.41) is 2.23. The molecule has 4 atom stereocenters. The van der Waals surface area contributed by atoms with Crippen LogP contribution in [0.4, 0.5) is 0 Å². The number of carbonyl (C=O) groups excluding carboxylic acids is 4. The summed E-state index contributed by atoms with van der Waals surface area (Å²) in [6.45, 7) is 0. The van der Waals surface area contributed by atoms with Gasteiger partial charge in [-0.1, -0.05) is 0 Å². The van der Waals surface area contributed by atoms with Crippen LogP contribution in [-0.4, -0.2) is 35.6 Å². The fourth-order valence-electron chi connectivity index (χ4n) is 3.90. The van der Waals surface area contributed by atoms with Gasteiger partial charge in [0.15, 0.2) is 0 Å². The third-order valence-electron chi connectivity index (χ3n) is 4.61. The molecule has 4 aliphatic rings. The number of nitrogens with one attached hydrogen (secondary N) is 1. The normalized spacial score (nSPS) is 51.9. The Labute approximate surface area is 90.0 Å². The highest BCUT2D eigenvalue weighted by Crippen LogP contribution is 2.85. The Morgan fingerprint density at radius 3 is 1.81 bits per heavy atom. The average molecular weight is 220 g/mol. The second-order valence-electron chi connectivity index (χ2n) is 5.00. The van der Waals surface area contributed by atoms with Crippen LogP contribution in [0.2, 0.25) is 0 Å². The molecule has 4 rings (SSSR count). The fraction of sp³-hybridized carbons (Fsp3) is 0.600. The molecule has 0 radical (unpaired) electrons. The van der Waals surface area contributed by atoms with Crippen LogP contribution in [0.1, 0.15) is 0 Å². The SMILES string of the molecule is CN1C(=O)C2C(C1=O)C21C2C(=O)NC(=O)C21. The summed E-state index contributed by atoms with van der Waals surface area (Å²) in [5.74, 6) is -2.74. The van der Waals surface area contributed by atoms with E-state index < -0.39 is 29.1 Å². The van der Waals surface area contributed by atoms with Crippen molar-refractivity contribution in [2.24, 2.45) is 29.1 Å². The van der Waals surface area contributed by atoms with Gasteiger partial charge in [-0.05, 0) is 0 Å². The first kappa shape index (κ1) is 8.43. The summed E-state index contributed by atoms with van der Waals surface area (Å²) >= 11 is 0. The van der Waals surface area contributed by atoms with E-state index in [0.29, 0.717) is 0 Å². The molecular weight excluding hydrogens is 212 g/mol. The van der Waals surface area contributed by atoms with Gasteiger partial charge in [0.25, 0.3) is 0 Å². The number of imide groups is 2. The van der Waals surface area contributed by atoms with Crippen LogP contribution in [0.5, 0.6) is 0 Å². The minimum atomic E-state index is -0.611. The van der Waals surface area contributed by atoms with Crippen LogP contribution in [0.15, 0.2) is 0 Å². The summed E-state index contributed by atoms with van der Waals surface area (Å²) in [6.07, 6.45) is 0. The zero-order valence-corrected chi connectivity index (χ0v) is 8.39. The minimum absolute atomic E-state index is 0.231. The number of amides is 4. The Balaban J connectivity index is 1.77. The Morgan fingerprint density at radius 2 is 1.38 bits per heavy atom. The van der Waals surface area contributed by atoms with Gasteiger partial charge in [0.2, 0.25) is 23.6 Å². The predicted octanol–water partition coefficient (Wildman–Crippen LogP) is -1.88. The fourth-order valence-corrected chi connectivity index (χ4v) is 3.90. The first-order valence-corrected chi connectivity index (χ1v) is 5.19. The maximum Gasteiger partial charge on any atom is 0.233 e. The molecule has 4 amide bonds. The topological polar surface area (TPSA) is 83.6 Å². The predicted molar refractivity (Wildman–Crippen MR) is 47.3 cm³/mol. The molecule has 0 aromatic carbocycles. The largest absolute Gasteiger partial charge is 0.296 e. The van der Waals surface area contributed by atoms with Crippen molar-refractivity contribution in [2.45, 2.75) is 0 Å². The van der Waals surface area contributed by atoms with Crippen LogP contribution in [0, 0.1) is 29.1 Å². The first-order valence-electron chi connectivity index (χ1n) is 5.19. The third kappa shape index (κ3) is 0.530. The van der Waals surface area contributed by atoms with Crippen LogP contribution in [-0.2, 0) is 19.2 Å². The molecule has 6 heteroatoms. The molecule has 82 valence electrons. The van der Waals surface area contributed by atoms with E-state index in [1.165, 1.54) is 7.05 Å². The molecule has 0 aromatic rings. The number of likely N-dealkylation sites (tertiary alicyclic amines) is 1. The summed E-state index contributed by atoms with van der Waals surface area (Å²) < 4.78 is 0. The highest BCUT2D eigenvalue weighted by Gasteiger charge is 2.96. The lowest BCUT2D eigenvalue weighted by atomic mass is 10.1. The van der Waals surface area contributed by atoms with Crippen LogP contribution in [0.3, 0.4) is 0 Å². The number of carbonyl (C=O) groups is 4. The minimum Gasteiger partial charge on any atom is -0.296 e. The van der Waals surface area contributed by atoms with Crippen molar-refractivity contribution >= 4 is 23.6 Å². The standard InChI is InChI=1S/C10H8N2O4/c1-12-8(15)4-5(9(12)16)10(4)2-3(10)7(14)11-6(2)13/h2-5H,1H3,(H,11,13,14). The molecule has 16 heavy (non-hydrogen) atoms. The molecule has 2 aliphatic heterocycles. The summed E-state index contributed by atoms with van der Waals surface area (Å²) in [6, 6.07) is 0. The van der Waals surface area contributed by atoms with Crippen molar-refractivity contribution in [3.05, 3.63) is 0 Å². The number of hydrogen-bond acceptors (Lipinski definition) is 4. The third-order valence-corrected chi connectivity index (χ3v) is 4.61. The quantitative estimate of drug-likeness (QED) is 0.484. The van der Waals surface area contributed by atoms with Crippen molar-refractivity contribution < 1.29 is 19.2 Å². The number of nitrogens with zero attached hydrogens (tertiary/aromatic N) is 1. The maximum absolute atomic E-state index is 11.7. The van der Waals surface area contributed by atoms with Crippen LogP contribution in [0.25, 0.3) is 0 Å². The zero-order valence-electron chi connectivity index (χ0n) is 8.39. The van der Waals surface area contributed by atoms with Gasteiger partial charge in [-0.3, -0.25) is 29.4 Å². The molecule has 2 saturated heterocycles. The van der Waals surface area contributed by atoms with Gasteiger partial charge >= 0.3 is 0 Å². The second kappa shape index (κ2) is 1.92. The van der Waals surface area contributed by atoms with E-state index in [9.17, 15) is 19.2 Å². The molecule has 2 aliphatic carbocycles. The Morgan fingerprint density at radius 1 is 0.938 bits per heavy atom. The zero-order chi connectivity index (χ0) is 11.4. The van der Waals surface area contributed by atoms with Crippen LogP contribution >= 0.6 is 0 Å². The molecule has 2 heterocycles. The van der Waals surface area contributed by atoms with E-state index in [-0.39, 0.29) is 23.6 Å². The Hall–Kier alpha value is -1.72. The number of rotatable bonds is 0. The summed E-state index contributed by atoms with van der Waals surface area (Å²) in [7, 11) is 1.45. The second-order valence-corrected chi connectivity index (χ2v) is 5.00. The highest BCUT2D eigenvalue weighted by molar-refractivity contribution is 6.19. The van der Waals surface area contributed by atoms with Gasteiger partial charge < -0.3 is 0 Å². The Bertz CT molecular complexity index is 467. The van der Waals surface area contributed by atoms with Crippen molar-refractivity contribution in [1.29, 1.82) is 0 Å². The lowest BCUT2D eigenvalue weighted by molar-refractivity contribution is -0.141. The van der Waals surface area contributed by atoms with Crippen LogP contribution < -0.4 is 5.32 Å². The molecule has 4 fully saturated rings. The van der Waals surface area contributed by atoms with E-state index >= 15 is 0 Å². The van der Waals surface area contributed by atoms with Gasteiger partial charge in [0.05, 0.1) is 23.7 Å². The smallest absolute Gasteiger partial charge is 0.233 e. The number of fused-ring (bicyclic) bond motifs is 6. The lowest BCUT2D eigenvalue weighted by Gasteiger charge is -2.13. The van der Waals surface area contributed by atoms with Crippen molar-refractivity contribution in [2.75, 3.05) is 7.05 Å². The maximum atomic E-state index is 11.7. The average Bonchev–Trinajstić information content (AvgIpc) is 3.03. The molecule has 4 unspecified atom stereocenters. The van der Waals surface area contributed by atoms with E-state index in [1.54, 1.807) is 0 Å². The number of hydrogen-bond donors (Lipinski definition) is 1. The van der Waals surface area contributed by atoms with Crippen molar-refractivity contribution in [1.82, 2.24) is 10.2 Å². The molecule has 6 nitrogen and oxygen atoms in total. The number of piperidine rings is 2. The van der Waals surface area contributed by atoms with Gasteiger partial charge in [-0.15, -0.1) is 0 Å². The van der Waals surface area contributed by atoms with Crippen molar-refractivity contribution in [3.8, 4) is 0 Å². The monoisotopic (exact) mass is 220 g/mol.